The molecule has 3 aromatic rings. The van der Waals surface area contributed by atoms with Crippen molar-refractivity contribution in [2.24, 2.45) is 11.7 Å². The number of thioether (sulfide) groups is 1. The van der Waals surface area contributed by atoms with Gasteiger partial charge in [-0.05, 0) is 0 Å². The molecule has 6 heteroatoms. The Labute approximate surface area is 214 Å². The molecule has 0 radical (unpaired) electrons. The Balaban J connectivity index is 1.86. The average molecular weight is 483 g/mol. The number of nitrogens with one attached hydrogen (secondary N) is 1. The Kier molecular flexibility index (Phi) is 8.63. The maximum atomic E-state index is 6.29. The van der Waals surface area contributed by atoms with Crippen LogP contribution in [0.15, 0.2) is 83.9 Å². The van der Waals surface area contributed by atoms with Gasteiger partial charge in [0.1, 0.15) is 0 Å². The van der Waals surface area contributed by atoms with Gasteiger partial charge < -0.3 is 0 Å². The summed E-state index contributed by atoms with van der Waals surface area (Å²) in [5.74, 6) is 1.05. The van der Waals surface area contributed by atoms with E-state index >= 15 is 0 Å². The standard InChI is InChI=1S/C29H34BN3OS/c1-19(2)29(5,24-12-10-21(11-13-24)23-15-26(34-6)17-32-16-23)28(30)33-25-9-7-8-22(14-25)27(31)18-35-20(3)4/h7-19,30,33H,3,31H2,1-2,4-6H3/b27-18-. The molecule has 1 unspecified atom stereocenters. The minimum absolute atomic E-state index is 0.293. The van der Waals surface area contributed by atoms with Crippen LogP contribution in [0.25, 0.3) is 16.8 Å². The van der Waals surface area contributed by atoms with E-state index in [4.69, 9.17) is 10.5 Å². The number of aromatic nitrogens is 1. The van der Waals surface area contributed by atoms with Crippen molar-refractivity contribution >= 4 is 36.2 Å². The fourth-order valence-corrected chi connectivity index (χ4v) is 4.33. The summed E-state index contributed by atoms with van der Waals surface area (Å²) < 4.78 is 5.32. The Morgan fingerprint density at radius 2 is 1.86 bits per heavy atom. The molecule has 0 amide bonds. The molecule has 3 N–H and O–H groups in total. The number of hydrogen-bond donors (Lipinski definition) is 2. The van der Waals surface area contributed by atoms with Crippen molar-refractivity contribution in [3.8, 4) is 16.9 Å². The molecule has 0 fully saturated rings. The molecule has 1 atom stereocenters. The van der Waals surface area contributed by atoms with E-state index in [1.54, 1.807) is 13.3 Å². The second-order valence-electron chi connectivity index (χ2n) is 9.13. The number of hydrogen-bond acceptors (Lipinski definition) is 5. The number of pyridine rings is 1. The van der Waals surface area contributed by atoms with Crippen LogP contribution in [0.1, 0.15) is 38.8 Å². The number of benzene rings is 2. The molecule has 1 heterocycles. The SMILES string of the molecule is B=C(Nc1cccc(/C(N)=C/SC(=C)C)c1)C(C)(c1ccc(-c2cncc(OC)c2)cc1)C(C)C. The molecular weight excluding hydrogens is 449 g/mol. The molecular formula is C29H34BN3OS. The van der Waals surface area contributed by atoms with Gasteiger partial charge in [-0.3, -0.25) is 0 Å². The average Bonchev–Trinajstić information content (AvgIpc) is 2.86. The molecule has 0 aliphatic carbocycles. The number of methoxy groups -OCH3 is 1. The molecule has 0 aliphatic rings. The quantitative estimate of drug-likeness (QED) is 0.330. The predicted octanol–water partition coefficient (Wildman–Crippen LogP) is 6.34. The van der Waals surface area contributed by atoms with E-state index in [1.807, 2.05) is 42.8 Å². The summed E-state index contributed by atoms with van der Waals surface area (Å²) in [6, 6.07) is 18.7. The van der Waals surface area contributed by atoms with Crippen LogP contribution in [0.5, 0.6) is 5.75 Å². The topological polar surface area (TPSA) is 60.2 Å². The third kappa shape index (κ3) is 6.26. The summed E-state index contributed by atoms with van der Waals surface area (Å²) in [5.41, 5.74) is 12.8. The van der Waals surface area contributed by atoms with E-state index < -0.39 is 0 Å². The zero-order valence-electron chi connectivity index (χ0n) is 21.3. The van der Waals surface area contributed by atoms with Gasteiger partial charge in [-0.1, -0.05) is 0 Å². The summed E-state index contributed by atoms with van der Waals surface area (Å²) >= 11 is 1.53. The molecule has 4 nitrogen and oxygen atoms in total. The van der Waals surface area contributed by atoms with Crippen molar-refractivity contribution in [3.63, 3.8) is 0 Å². The zero-order valence-corrected chi connectivity index (χ0v) is 22.1. The van der Waals surface area contributed by atoms with Crippen LogP contribution in [0, 0.1) is 5.92 Å². The van der Waals surface area contributed by atoms with Gasteiger partial charge in [0.2, 0.25) is 0 Å². The van der Waals surface area contributed by atoms with Crippen LogP contribution in [0.4, 0.5) is 5.69 Å². The van der Waals surface area contributed by atoms with Crippen LogP contribution in [0.2, 0.25) is 0 Å². The Hall–Kier alpha value is -3.25. The van der Waals surface area contributed by atoms with Gasteiger partial charge >= 0.3 is 215 Å². The third-order valence-electron chi connectivity index (χ3n) is 6.43. The summed E-state index contributed by atoms with van der Waals surface area (Å²) in [5, 5.41) is 5.48. The van der Waals surface area contributed by atoms with E-state index in [2.05, 4.69) is 75.5 Å². The molecule has 0 spiro atoms. The summed E-state index contributed by atoms with van der Waals surface area (Å²) in [7, 11) is 6.11. The van der Waals surface area contributed by atoms with E-state index in [0.717, 1.165) is 38.6 Å². The Morgan fingerprint density at radius 1 is 1.14 bits per heavy atom. The molecule has 0 bridgehead atoms. The molecule has 0 aliphatic heterocycles. The van der Waals surface area contributed by atoms with E-state index in [9.17, 15) is 0 Å². The Bertz CT molecular complexity index is 1240. The maximum absolute atomic E-state index is 6.29. The second-order valence-corrected chi connectivity index (χ2v) is 10.3. The van der Waals surface area contributed by atoms with Crippen molar-refractivity contribution in [2.45, 2.75) is 33.1 Å². The van der Waals surface area contributed by atoms with Crippen molar-refractivity contribution in [1.82, 2.24) is 4.98 Å². The van der Waals surface area contributed by atoms with Gasteiger partial charge in [0.25, 0.3) is 0 Å². The summed E-state index contributed by atoms with van der Waals surface area (Å²) in [6.07, 6.45) is 3.56. The van der Waals surface area contributed by atoms with Gasteiger partial charge in [-0.25, -0.2) is 0 Å². The second kappa shape index (κ2) is 11.5. The van der Waals surface area contributed by atoms with Gasteiger partial charge in [0.15, 0.2) is 0 Å². The van der Waals surface area contributed by atoms with Gasteiger partial charge in [0.05, 0.1) is 0 Å². The monoisotopic (exact) mass is 483 g/mol. The Morgan fingerprint density at radius 3 is 2.49 bits per heavy atom. The van der Waals surface area contributed by atoms with Crippen molar-refractivity contribution in [1.29, 1.82) is 0 Å². The van der Waals surface area contributed by atoms with Crippen LogP contribution in [-0.4, -0.2) is 25.2 Å². The molecule has 0 saturated heterocycles. The molecule has 35 heavy (non-hydrogen) atoms. The number of allylic oxidation sites excluding steroid dienone is 1. The number of nitrogens with zero attached hydrogens (tertiary/aromatic N) is 1. The molecule has 2 aromatic carbocycles. The first-order valence-electron chi connectivity index (χ1n) is 11.6. The number of ether oxygens (including phenoxy) is 1. The molecule has 3 rings (SSSR count). The summed E-state index contributed by atoms with van der Waals surface area (Å²) in [6.45, 7) is 12.5. The fraction of sp³-hybridized carbons (Fsp3) is 0.241. The van der Waals surface area contributed by atoms with E-state index in [-0.39, 0.29) is 5.41 Å². The molecule has 180 valence electrons. The van der Waals surface area contributed by atoms with E-state index in [0.29, 0.717) is 11.6 Å². The first-order valence-corrected chi connectivity index (χ1v) is 12.5. The number of nitrogens with two attached hydrogens (primary N) is 1. The van der Waals surface area contributed by atoms with Crippen molar-refractivity contribution in [2.75, 3.05) is 12.4 Å². The molecule has 0 saturated carbocycles. The molecule has 1 aromatic heterocycles. The normalized spacial score (nSPS) is 13.2. The van der Waals surface area contributed by atoms with Crippen molar-refractivity contribution in [3.05, 3.63) is 95.0 Å². The van der Waals surface area contributed by atoms with Gasteiger partial charge in [-0.15, -0.1) is 0 Å². The van der Waals surface area contributed by atoms with Crippen LogP contribution in [-0.2, 0) is 5.41 Å². The van der Waals surface area contributed by atoms with Crippen molar-refractivity contribution < 1.29 is 4.74 Å². The van der Waals surface area contributed by atoms with Crippen LogP contribution >= 0.6 is 11.8 Å². The van der Waals surface area contributed by atoms with Crippen LogP contribution in [0.3, 0.4) is 0 Å². The minimum atomic E-state index is -0.293. The van der Waals surface area contributed by atoms with Gasteiger partial charge in [0, 0.05) is 0 Å². The number of anilines is 1. The first-order chi connectivity index (χ1) is 16.6. The zero-order chi connectivity index (χ0) is 25.6. The van der Waals surface area contributed by atoms with E-state index in [1.165, 1.54) is 17.3 Å². The number of rotatable bonds is 10. The third-order valence-corrected chi connectivity index (χ3v) is 7.20. The first kappa shape index (κ1) is 26.4. The van der Waals surface area contributed by atoms with Crippen LogP contribution < -0.4 is 15.8 Å². The van der Waals surface area contributed by atoms with Gasteiger partial charge in [-0.2, -0.15) is 0 Å². The fourth-order valence-electron chi connectivity index (χ4n) is 3.87. The summed E-state index contributed by atoms with van der Waals surface area (Å²) in [4.78, 5) is 5.28. The predicted molar refractivity (Wildman–Crippen MR) is 155 cm³/mol.